The van der Waals surface area contributed by atoms with Gasteiger partial charge in [0.15, 0.2) is 0 Å². The minimum atomic E-state index is -0.871. The summed E-state index contributed by atoms with van der Waals surface area (Å²) in [5, 5.41) is 12.4. The fourth-order valence-electron chi connectivity index (χ4n) is 6.26. The molecule has 3 aliphatic rings. The van der Waals surface area contributed by atoms with Gasteiger partial charge in [-0.1, -0.05) is 35.9 Å². The molecule has 1 amide bonds. The Bertz CT molecular complexity index is 1380. The molecule has 2 fully saturated rings. The Labute approximate surface area is 233 Å². The number of halogens is 1. The van der Waals surface area contributed by atoms with Crippen molar-refractivity contribution in [1.82, 2.24) is 19.8 Å². The highest BCUT2D eigenvalue weighted by Crippen LogP contribution is 2.37. The average Bonchev–Trinajstić information content (AvgIpc) is 3.60. The smallest absolute Gasteiger partial charge is 0.407 e. The maximum atomic E-state index is 11.6. The second-order valence-corrected chi connectivity index (χ2v) is 11.3. The number of carbonyl (C=O) groups is 1. The first-order valence-electron chi connectivity index (χ1n) is 13.7. The van der Waals surface area contributed by atoms with Crippen LogP contribution in [0.2, 0.25) is 5.02 Å². The molecule has 10 heteroatoms. The van der Waals surface area contributed by atoms with Gasteiger partial charge in [0, 0.05) is 55.4 Å². The van der Waals surface area contributed by atoms with Crippen LogP contribution >= 0.6 is 11.6 Å². The number of amides is 1. The van der Waals surface area contributed by atoms with Crippen LogP contribution in [0.3, 0.4) is 0 Å². The topological polar surface area (TPSA) is 85.3 Å². The monoisotopic (exact) mass is 550 g/mol. The zero-order valence-electron chi connectivity index (χ0n) is 22.5. The maximum Gasteiger partial charge on any atom is 0.407 e. The van der Waals surface area contributed by atoms with Crippen LogP contribution in [-0.2, 0) is 13.0 Å². The number of anilines is 2. The van der Waals surface area contributed by atoms with Gasteiger partial charge in [-0.3, -0.25) is 0 Å². The van der Waals surface area contributed by atoms with E-state index < -0.39 is 6.09 Å². The highest BCUT2D eigenvalue weighted by molar-refractivity contribution is 6.36. The number of ether oxygens (including phenoxy) is 1. The summed E-state index contributed by atoms with van der Waals surface area (Å²) in [5.41, 5.74) is 3.16. The van der Waals surface area contributed by atoms with Gasteiger partial charge in [0.1, 0.15) is 12.4 Å². The second-order valence-electron chi connectivity index (χ2n) is 10.9. The number of benzene rings is 2. The summed E-state index contributed by atoms with van der Waals surface area (Å²) in [6.45, 7) is 4.06. The van der Waals surface area contributed by atoms with E-state index in [1.54, 1.807) is 0 Å². The van der Waals surface area contributed by atoms with Crippen molar-refractivity contribution in [2.75, 3.05) is 56.7 Å². The van der Waals surface area contributed by atoms with E-state index in [1.165, 1.54) is 11.3 Å². The Morgan fingerprint density at radius 2 is 1.97 bits per heavy atom. The van der Waals surface area contributed by atoms with E-state index >= 15 is 0 Å². The molecule has 2 saturated heterocycles. The largest absolute Gasteiger partial charge is 0.465 e. The third-order valence-electron chi connectivity index (χ3n) is 8.59. The van der Waals surface area contributed by atoms with Crippen molar-refractivity contribution in [2.24, 2.45) is 0 Å². The molecule has 4 heterocycles. The molecule has 39 heavy (non-hydrogen) atoms. The number of likely N-dealkylation sites (N-methyl/N-ethyl adjacent to an activating group) is 2. The summed E-state index contributed by atoms with van der Waals surface area (Å²) in [4.78, 5) is 29.7. The van der Waals surface area contributed by atoms with Crippen molar-refractivity contribution in [3.05, 3.63) is 52.7 Å². The summed E-state index contributed by atoms with van der Waals surface area (Å²) < 4.78 is 6.23. The summed E-state index contributed by atoms with van der Waals surface area (Å²) >= 11 is 6.67. The van der Waals surface area contributed by atoms with Gasteiger partial charge in [-0.25, -0.2) is 4.79 Å². The van der Waals surface area contributed by atoms with Crippen molar-refractivity contribution in [1.29, 1.82) is 0 Å². The van der Waals surface area contributed by atoms with Crippen molar-refractivity contribution in [2.45, 2.75) is 44.3 Å². The first-order chi connectivity index (χ1) is 18.9. The van der Waals surface area contributed by atoms with Gasteiger partial charge in [-0.15, -0.1) is 0 Å². The Morgan fingerprint density at radius 3 is 2.72 bits per heavy atom. The number of aromatic nitrogens is 2. The van der Waals surface area contributed by atoms with E-state index in [4.69, 9.17) is 26.3 Å². The minimum absolute atomic E-state index is 0.0591. The van der Waals surface area contributed by atoms with Crippen molar-refractivity contribution in [3.8, 4) is 6.01 Å². The van der Waals surface area contributed by atoms with Crippen molar-refractivity contribution in [3.63, 3.8) is 0 Å². The van der Waals surface area contributed by atoms with Gasteiger partial charge in [0.2, 0.25) is 0 Å². The van der Waals surface area contributed by atoms with Gasteiger partial charge in [-0.05, 0) is 56.8 Å². The van der Waals surface area contributed by atoms with Gasteiger partial charge < -0.3 is 29.4 Å². The predicted octanol–water partition coefficient (Wildman–Crippen LogP) is 4.51. The number of rotatable bonds is 6. The normalized spacial score (nSPS) is 21.4. The number of hydrogen-bond acceptors (Lipinski definition) is 7. The standard InChI is InChI=1S/C29H35ClN6O3/c1-33-13-5-8-21(33)18-39-28-31-24-17-35(25-10-4-7-19-6-3-9-23(30)26(19)25)15-12-22(24)27(32-28)34(2)20-11-14-36(16-20)29(37)38/h3-4,6-7,9-10,20-21H,5,8,11-18H2,1-2H3,(H,37,38). The summed E-state index contributed by atoms with van der Waals surface area (Å²) in [6, 6.07) is 13.1. The molecule has 2 atom stereocenters. The number of carboxylic acid groups (broad SMARTS) is 1. The van der Waals surface area contributed by atoms with E-state index in [2.05, 4.69) is 46.0 Å². The van der Waals surface area contributed by atoms with Crippen LogP contribution in [-0.4, -0.2) is 89.9 Å². The number of hydrogen-bond donors (Lipinski definition) is 1. The van der Waals surface area contributed by atoms with Gasteiger partial charge in [-0.2, -0.15) is 9.97 Å². The molecule has 3 aromatic rings. The van der Waals surface area contributed by atoms with Gasteiger partial charge in [0.25, 0.3) is 0 Å². The Balaban J connectivity index is 1.33. The second kappa shape index (κ2) is 10.7. The molecule has 0 radical (unpaired) electrons. The Hall–Kier alpha value is -3.30. The molecule has 2 unspecified atom stereocenters. The average molecular weight is 551 g/mol. The van der Waals surface area contributed by atoms with Crippen molar-refractivity contribution < 1.29 is 14.6 Å². The zero-order chi connectivity index (χ0) is 27.1. The summed E-state index contributed by atoms with van der Waals surface area (Å²) in [5.74, 6) is 0.850. The molecule has 1 N–H and O–H groups in total. The SMILES string of the molecule is CN1CCCC1COc1nc2c(c(N(C)C3CCN(C(=O)O)C3)n1)CCN(c1cccc3cccc(Cl)c13)C2. The predicted molar refractivity (Wildman–Crippen MR) is 153 cm³/mol. The molecule has 3 aliphatic heterocycles. The van der Waals surface area contributed by atoms with Crippen LogP contribution < -0.4 is 14.5 Å². The van der Waals surface area contributed by atoms with E-state index in [0.29, 0.717) is 38.3 Å². The summed E-state index contributed by atoms with van der Waals surface area (Å²) in [6.07, 6.45) is 2.96. The van der Waals surface area contributed by atoms with Gasteiger partial charge >= 0.3 is 12.1 Å². The highest BCUT2D eigenvalue weighted by atomic mass is 35.5. The number of fused-ring (bicyclic) bond motifs is 2. The lowest BCUT2D eigenvalue weighted by Crippen LogP contribution is -2.39. The van der Waals surface area contributed by atoms with Gasteiger partial charge in [0.05, 0.1) is 17.3 Å². The lowest BCUT2D eigenvalue weighted by atomic mass is 10.0. The number of nitrogens with zero attached hydrogens (tertiary/aromatic N) is 6. The third-order valence-corrected chi connectivity index (χ3v) is 8.90. The van der Waals surface area contributed by atoms with Crippen LogP contribution in [0.15, 0.2) is 36.4 Å². The highest BCUT2D eigenvalue weighted by Gasteiger charge is 2.33. The van der Waals surface area contributed by atoms with E-state index in [-0.39, 0.29) is 6.04 Å². The molecule has 9 nitrogen and oxygen atoms in total. The van der Waals surface area contributed by atoms with Crippen LogP contribution in [0.25, 0.3) is 10.8 Å². The Kier molecular flexibility index (Phi) is 7.12. The summed E-state index contributed by atoms with van der Waals surface area (Å²) in [7, 11) is 4.15. The molecule has 2 aromatic carbocycles. The van der Waals surface area contributed by atoms with Crippen LogP contribution in [0.5, 0.6) is 6.01 Å². The van der Waals surface area contributed by atoms with E-state index in [1.807, 2.05) is 19.2 Å². The number of likely N-dealkylation sites (tertiary alicyclic amines) is 2. The first kappa shape index (κ1) is 26.0. The van der Waals surface area contributed by atoms with E-state index in [0.717, 1.165) is 70.9 Å². The lowest BCUT2D eigenvalue weighted by molar-refractivity contribution is 0.155. The molecule has 0 spiro atoms. The lowest BCUT2D eigenvalue weighted by Gasteiger charge is -2.35. The molecule has 6 rings (SSSR count). The Morgan fingerprint density at radius 1 is 1.15 bits per heavy atom. The molecular weight excluding hydrogens is 516 g/mol. The maximum absolute atomic E-state index is 11.6. The quantitative estimate of drug-likeness (QED) is 0.480. The molecule has 0 bridgehead atoms. The molecule has 1 aromatic heterocycles. The zero-order valence-corrected chi connectivity index (χ0v) is 23.3. The third kappa shape index (κ3) is 5.05. The minimum Gasteiger partial charge on any atom is -0.465 e. The fraction of sp³-hybridized carbons (Fsp3) is 0.483. The fourth-order valence-corrected chi connectivity index (χ4v) is 6.53. The van der Waals surface area contributed by atoms with Crippen LogP contribution in [0.1, 0.15) is 30.5 Å². The van der Waals surface area contributed by atoms with Crippen molar-refractivity contribution >= 4 is 40.0 Å². The van der Waals surface area contributed by atoms with E-state index in [9.17, 15) is 9.90 Å². The molecule has 0 saturated carbocycles. The first-order valence-corrected chi connectivity index (χ1v) is 14.1. The molecule has 0 aliphatic carbocycles. The molecular formula is C29H35ClN6O3. The van der Waals surface area contributed by atoms with Crippen LogP contribution in [0.4, 0.5) is 16.3 Å². The molecule has 206 valence electrons. The van der Waals surface area contributed by atoms with Crippen LogP contribution in [0, 0.1) is 0 Å².